The van der Waals surface area contributed by atoms with Gasteiger partial charge in [0.25, 0.3) is 0 Å². The number of phosphoric acid groups is 1. The summed E-state index contributed by atoms with van der Waals surface area (Å²) in [6.45, 7) is 6.71. The molecule has 0 aliphatic carbocycles. The smallest absolute Gasteiger partial charge is 0.456 e. The van der Waals surface area contributed by atoms with Gasteiger partial charge in [0.15, 0.2) is 0 Å². The lowest BCUT2D eigenvalue weighted by molar-refractivity contribution is -0.870. The Hall–Kier alpha value is -3.59. The van der Waals surface area contributed by atoms with Gasteiger partial charge >= 0.3 is 13.8 Å². The van der Waals surface area contributed by atoms with Gasteiger partial charge in [-0.1, -0.05) is 233 Å². The summed E-state index contributed by atoms with van der Waals surface area (Å²) in [4.78, 5) is 37.6. The molecule has 0 spiro atoms. The van der Waals surface area contributed by atoms with Gasteiger partial charge in [0, 0.05) is 12.8 Å². The van der Waals surface area contributed by atoms with Gasteiger partial charge in [0.05, 0.1) is 33.8 Å². The van der Waals surface area contributed by atoms with Gasteiger partial charge < -0.3 is 19.4 Å². The first-order valence-corrected chi connectivity index (χ1v) is 31.4. The van der Waals surface area contributed by atoms with E-state index in [4.69, 9.17) is 13.8 Å². The van der Waals surface area contributed by atoms with E-state index in [1.54, 1.807) is 0 Å². The standard InChI is InChI=1S/C65H111N2O7P/c1-7-10-13-16-19-22-25-28-29-30-31-32-33-34-35-36-37-40-43-46-49-52-55-58-65(69)74-63(56-53-50-47-44-41-38-26-23-20-17-14-11-8-2)62(61-73-75(70,71)72-60-59-67(4,5)6)66-64(68)57-54-51-48-45-42-39-27-24-21-18-15-12-9-3/h10,12-13,15,18-19,21-22,24,27-29,31-32,34-35,37,40,53,56,62-63H,7-9,11,14,16-17,20,23,25-26,30,33,36,38-39,41-52,54-55,57-61H2,1-6H3,(H-,66,68,70,71)/p+1/b13-10-,15-12+,21-18+,22-19-,27-24-,29-28-,32-31-,35-34-,40-37-,56-53-. The summed E-state index contributed by atoms with van der Waals surface area (Å²) in [6.07, 6.45) is 74.8. The number of hydrogen-bond donors (Lipinski definition) is 2. The Kier molecular flexibility index (Phi) is 51.2. The quantitative estimate of drug-likeness (QED) is 0.0156. The highest BCUT2D eigenvalue weighted by atomic mass is 31.2. The molecule has 75 heavy (non-hydrogen) atoms. The number of unbranched alkanes of at least 4 members (excludes halogenated alkanes) is 20. The highest BCUT2D eigenvalue weighted by Gasteiger charge is 2.30. The maximum atomic E-state index is 13.5. The lowest BCUT2D eigenvalue weighted by Crippen LogP contribution is -2.47. The van der Waals surface area contributed by atoms with Gasteiger partial charge in [-0.3, -0.25) is 18.6 Å². The van der Waals surface area contributed by atoms with Crippen molar-refractivity contribution < 1.29 is 37.3 Å². The highest BCUT2D eigenvalue weighted by Crippen LogP contribution is 2.43. The Bertz CT molecular complexity index is 1700. The fraction of sp³-hybridized carbons (Fsp3) is 0.662. The molecule has 428 valence electrons. The number of nitrogens with zero attached hydrogens (tertiary/aromatic N) is 1. The van der Waals surface area contributed by atoms with Crippen molar-refractivity contribution in [3.63, 3.8) is 0 Å². The first kappa shape index (κ1) is 71.4. The van der Waals surface area contributed by atoms with Crippen LogP contribution in [0.5, 0.6) is 0 Å². The highest BCUT2D eigenvalue weighted by molar-refractivity contribution is 7.47. The van der Waals surface area contributed by atoms with Crippen LogP contribution >= 0.6 is 7.82 Å². The second-order valence-electron chi connectivity index (χ2n) is 20.8. The predicted octanol–water partition coefficient (Wildman–Crippen LogP) is 18.3. The summed E-state index contributed by atoms with van der Waals surface area (Å²) in [7, 11) is 1.45. The molecule has 3 unspecified atom stereocenters. The molecule has 0 aromatic carbocycles. The zero-order valence-electron chi connectivity index (χ0n) is 48.7. The third kappa shape index (κ3) is 55.0. The van der Waals surface area contributed by atoms with E-state index in [1.165, 1.54) is 57.8 Å². The van der Waals surface area contributed by atoms with E-state index in [0.29, 0.717) is 30.3 Å². The van der Waals surface area contributed by atoms with Crippen molar-refractivity contribution in [3.8, 4) is 0 Å². The Morgan fingerprint density at radius 3 is 1.43 bits per heavy atom. The summed E-state index contributed by atoms with van der Waals surface area (Å²) >= 11 is 0. The number of carbonyl (C=O) groups excluding carboxylic acids is 2. The molecule has 0 saturated heterocycles. The van der Waals surface area contributed by atoms with E-state index in [-0.39, 0.29) is 31.5 Å². The number of esters is 1. The topological polar surface area (TPSA) is 111 Å². The van der Waals surface area contributed by atoms with Gasteiger partial charge in [0.1, 0.15) is 19.3 Å². The first-order valence-electron chi connectivity index (χ1n) is 29.9. The fourth-order valence-corrected chi connectivity index (χ4v) is 8.62. The number of phosphoric ester groups is 1. The Morgan fingerprint density at radius 2 is 0.920 bits per heavy atom. The molecule has 1 amide bonds. The second-order valence-corrected chi connectivity index (χ2v) is 22.3. The Morgan fingerprint density at radius 1 is 0.493 bits per heavy atom. The molecular weight excluding hydrogens is 952 g/mol. The fourth-order valence-electron chi connectivity index (χ4n) is 7.88. The molecule has 10 heteroatoms. The zero-order chi connectivity index (χ0) is 55.0. The van der Waals surface area contributed by atoms with Crippen molar-refractivity contribution in [3.05, 3.63) is 122 Å². The molecule has 0 aromatic rings. The first-order chi connectivity index (χ1) is 36.4. The van der Waals surface area contributed by atoms with E-state index < -0.39 is 20.0 Å². The minimum Gasteiger partial charge on any atom is -0.456 e. The molecule has 0 aromatic heterocycles. The van der Waals surface area contributed by atoms with Gasteiger partial charge in [-0.05, 0) is 102 Å². The molecule has 0 saturated carbocycles. The van der Waals surface area contributed by atoms with Gasteiger partial charge in [-0.25, -0.2) is 4.57 Å². The van der Waals surface area contributed by atoms with E-state index in [2.05, 4.69) is 129 Å². The maximum Gasteiger partial charge on any atom is 0.472 e. The van der Waals surface area contributed by atoms with Crippen molar-refractivity contribution in [1.82, 2.24) is 5.32 Å². The average molecular weight is 1060 g/mol. The molecule has 0 fully saturated rings. The molecule has 0 aliphatic rings. The van der Waals surface area contributed by atoms with Crippen molar-refractivity contribution >= 4 is 19.7 Å². The number of amides is 1. The van der Waals surface area contributed by atoms with Crippen LogP contribution in [0.1, 0.15) is 226 Å². The molecule has 0 aliphatic heterocycles. The SMILES string of the molecule is CC/C=C\C/C=C\C/C=C\C/C=C\C/C=C\C/C=C\CCCCCCC(=O)OC(/C=C\CCCCCCCCCCCCC)C(COP(=O)(O)OCC[N+](C)(C)C)NC(=O)CCCCCCC\C=C/C=C/C=C/CC. The largest absolute Gasteiger partial charge is 0.472 e. The molecule has 9 nitrogen and oxygen atoms in total. The number of quaternary nitrogens is 1. The average Bonchev–Trinajstić information content (AvgIpc) is 3.37. The van der Waals surface area contributed by atoms with Crippen LogP contribution in [0.4, 0.5) is 0 Å². The Balaban J connectivity index is 5.36. The van der Waals surface area contributed by atoms with E-state index >= 15 is 0 Å². The number of carbonyl (C=O) groups is 2. The van der Waals surface area contributed by atoms with E-state index in [1.807, 2.05) is 39.4 Å². The summed E-state index contributed by atoms with van der Waals surface area (Å²) < 4.78 is 30.6. The van der Waals surface area contributed by atoms with E-state index in [0.717, 1.165) is 122 Å². The number of rotatable bonds is 52. The summed E-state index contributed by atoms with van der Waals surface area (Å²) in [5.41, 5.74) is 0. The van der Waals surface area contributed by atoms with Crippen LogP contribution in [-0.4, -0.2) is 74.3 Å². The van der Waals surface area contributed by atoms with Crippen LogP contribution in [0.3, 0.4) is 0 Å². The molecule has 3 atom stereocenters. The normalized spacial score (nSPS) is 14.6. The molecule has 0 bridgehead atoms. The van der Waals surface area contributed by atoms with Crippen LogP contribution < -0.4 is 5.32 Å². The molecule has 2 N–H and O–H groups in total. The van der Waals surface area contributed by atoms with Crippen LogP contribution in [-0.2, 0) is 27.9 Å². The number of likely N-dealkylation sites (N-methyl/N-ethyl adjacent to an activating group) is 1. The summed E-state index contributed by atoms with van der Waals surface area (Å²) in [5.74, 6) is -0.568. The minimum atomic E-state index is -4.47. The van der Waals surface area contributed by atoms with Gasteiger partial charge in [0.2, 0.25) is 5.91 Å². The van der Waals surface area contributed by atoms with Crippen LogP contribution in [0, 0.1) is 0 Å². The number of ether oxygens (including phenoxy) is 1. The monoisotopic (exact) mass is 1060 g/mol. The molecule has 0 rings (SSSR count). The summed E-state index contributed by atoms with van der Waals surface area (Å²) in [6, 6.07) is -0.878. The third-order valence-electron chi connectivity index (χ3n) is 12.5. The summed E-state index contributed by atoms with van der Waals surface area (Å²) in [5, 5.41) is 3.03. The molecule has 0 radical (unpaired) electrons. The van der Waals surface area contributed by atoms with Gasteiger partial charge in [-0.15, -0.1) is 0 Å². The van der Waals surface area contributed by atoms with Crippen molar-refractivity contribution in [2.75, 3.05) is 40.9 Å². The second kappa shape index (κ2) is 53.8. The Labute approximate surface area is 461 Å². The van der Waals surface area contributed by atoms with Crippen LogP contribution in [0.2, 0.25) is 0 Å². The van der Waals surface area contributed by atoms with Crippen LogP contribution in [0.15, 0.2) is 122 Å². The van der Waals surface area contributed by atoms with Crippen LogP contribution in [0.25, 0.3) is 0 Å². The number of nitrogens with one attached hydrogen (secondary N) is 1. The molecule has 0 heterocycles. The number of allylic oxidation sites excluding steroid dienone is 19. The van der Waals surface area contributed by atoms with Crippen molar-refractivity contribution in [2.45, 2.75) is 238 Å². The molecular formula is C65H112N2O7P+. The van der Waals surface area contributed by atoms with Crippen molar-refractivity contribution in [1.29, 1.82) is 0 Å². The number of hydrogen-bond acceptors (Lipinski definition) is 6. The lowest BCUT2D eigenvalue weighted by Gasteiger charge is -2.27. The third-order valence-corrected chi connectivity index (χ3v) is 13.4. The van der Waals surface area contributed by atoms with Crippen molar-refractivity contribution in [2.24, 2.45) is 0 Å². The minimum absolute atomic E-state index is 0.0248. The van der Waals surface area contributed by atoms with E-state index in [9.17, 15) is 19.0 Å². The maximum absolute atomic E-state index is 13.5. The lowest BCUT2D eigenvalue weighted by atomic mass is 10.0. The van der Waals surface area contributed by atoms with Gasteiger partial charge in [-0.2, -0.15) is 0 Å². The predicted molar refractivity (Wildman–Crippen MR) is 323 cm³/mol. The zero-order valence-corrected chi connectivity index (χ0v) is 49.6.